The van der Waals surface area contributed by atoms with Crippen molar-refractivity contribution in [1.29, 1.82) is 0 Å². The van der Waals surface area contributed by atoms with Gasteiger partial charge in [0.05, 0.1) is 5.41 Å². The maximum atomic E-state index is 2.42. The van der Waals surface area contributed by atoms with Crippen LogP contribution in [0.3, 0.4) is 0 Å². The van der Waals surface area contributed by atoms with E-state index in [1.807, 2.05) is 0 Å². The lowest BCUT2D eigenvalue weighted by Gasteiger charge is -2.34. The van der Waals surface area contributed by atoms with Crippen LogP contribution >= 0.6 is 0 Å². The third kappa shape index (κ3) is 4.40. The molecule has 8 aromatic carbocycles. The fourth-order valence-corrected chi connectivity index (χ4v) is 7.85. The van der Waals surface area contributed by atoms with E-state index in [2.05, 4.69) is 205 Å². The molecular weight excluding hydrogens is 579 g/mol. The standard InChI is InChI=1S/C47H33N/c1-5-15-34(16-6-1)35-25-28-40(29-26-35)48(39-22-11-4-12-23-39)41-30-32-44-43(33-41)46-42-24-14-13-17-36(42)27-31-45(46)47(44,37-18-7-2-8-19-37)38-20-9-3-10-21-38/h1-33H. The third-order valence-corrected chi connectivity index (χ3v) is 9.93. The van der Waals surface area contributed by atoms with E-state index in [1.54, 1.807) is 0 Å². The van der Waals surface area contributed by atoms with Gasteiger partial charge in [0.1, 0.15) is 0 Å². The van der Waals surface area contributed by atoms with Crippen LogP contribution in [-0.4, -0.2) is 0 Å². The number of anilines is 3. The van der Waals surface area contributed by atoms with Gasteiger partial charge in [-0.1, -0.05) is 164 Å². The Kier molecular flexibility index (Phi) is 6.76. The largest absolute Gasteiger partial charge is 0.310 e. The average molecular weight is 612 g/mol. The highest BCUT2D eigenvalue weighted by Gasteiger charge is 2.46. The molecule has 1 nitrogen and oxygen atoms in total. The topological polar surface area (TPSA) is 3.24 Å². The number of benzene rings is 8. The van der Waals surface area contributed by atoms with E-state index in [0.717, 1.165) is 17.1 Å². The molecule has 0 radical (unpaired) electrons. The zero-order valence-electron chi connectivity index (χ0n) is 26.5. The van der Waals surface area contributed by atoms with Gasteiger partial charge in [-0.3, -0.25) is 0 Å². The Hall–Kier alpha value is -6.18. The predicted molar refractivity (Wildman–Crippen MR) is 201 cm³/mol. The highest BCUT2D eigenvalue weighted by molar-refractivity contribution is 6.05. The number of nitrogens with zero attached hydrogens (tertiary/aromatic N) is 1. The Morgan fingerprint density at radius 1 is 0.354 bits per heavy atom. The molecule has 0 heterocycles. The second kappa shape index (κ2) is 11.6. The van der Waals surface area contributed by atoms with E-state index in [1.165, 1.54) is 55.3 Å². The second-order valence-corrected chi connectivity index (χ2v) is 12.5. The molecule has 0 aliphatic heterocycles. The predicted octanol–water partition coefficient (Wildman–Crippen LogP) is 12.3. The first-order valence-corrected chi connectivity index (χ1v) is 16.6. The number of hydrogen-bond donors (Lipinski definition) is 0. The summed E-state index contributed by atoms with van der Waals surface area (Å²) in [6.07, 6.45) is 0. The maximum Gasteiger partial charge on any atom is 0.0713 e. The van der Waals surface area contributed by atoms with Gasteiger partial charge < -0.3 is 4.90 Å². The Bertz CT molecular complexity index is 2320. The van der Waals surface area contributed by atoms with Gasteiger partial charge in [0.15, 0.2) is 0 Å². The Morgan fingerprint density at radius 3 is 1.52 bits per heavy atom. The van der Waals surface area contributed by atoms with Crippen molar-refractivity contribution in [3.05, 3.63) is 222 Å². The van der Waals surface area contributed by atoms with Crippen molar-refractivity contribution in [2.24, 2.45) is 0 Å². The first kappa shape index (κ1) is 28.1. The molecule has 0 aromatic heterocycles. The van der Waals surface area contributed by atoms with E-state index in [-0.39, 0.29) is 0 Å². The monoisotopic (exact) mass is 611 g/mol. The smallest absolute Gasteiger partial charge is 0.0713 e. The summed E-state index contributed by atoms with van der Waals surface area (Å²) >= 11 is 0. The van der Waals surface area contributed by atoms with Crippen LogP contribution in [0.2, 0.25) is 0 Å². The first-order valence-electron chi connectivity index (χ1n) is 16.6. The van der Waals surface area contributed by atoms with Crippen LogP contribution in [0, 0.1) is 0 Å². The molecule has 0 saturated heterocycles. The first-order chi connectivity index (χ1) is 23.8. The highest BCUT2D eigenvalue weighted by Crippen LogP contribution is 2.58. The van der Waals surface area contributed by atoms with Crippen molar-refractivity contribution in [3.63, 3.8) is 0 Å². The summed E-state index contributed by atoms with van der Waals surface area (Å²) in [5.74, 6) is 0. The Balaban J connectivity index is 1.31. The van der Waals surface area contributed by atoms with Gasteiger partial charge in [0.2, 0.25) is 0 Å². The molecular formula is C47H33N. The van der Waals surface area contributed by atoms with E-state index in [4.69, 9.17) is 0 Å². The summed E-state index contributed by atoms with van der Waals surface area (Å²) < 4.78 is 0. The molecule has 1 aliphatic rings. The Labute approximate surface area is 282 Å². The molecule has 226 valence electrons. The van der Waals surface area contributed by atoms with Gasteiger partial charge in [0, 0.05) is 17.1 Å². The van der Waals surface area contributed by atoms with E-state index < -0.39 is 5.41 Å². The molecule has 1 heteroatoms. The van der Waals surface area contributed by atoms with Crippen LogP contribution in [0.5, 0.6) is 0 Å². The number of rotatable bonds is 6. The lowest BCUT2D eigenvalue weighted by atomic mass is 9.67. The highest BCUT2D eigenvalue weighted by atomic mass is 15.1. The van der Waals surface area contributed by atoms with Crippen LogP contribution in [0.4, 0.5) is 17.1 Å². The molecule has 0 bridgehead atoms. The average Bonchev–Trinajstić information content (AvgIpc) is 3.48. The molecule has 0 fully saturated rings. The number of hydrogen-bond acceptors (Lipinski definition) is 1. The molecule has 48 heavy (non-hydrogen) atoms. The van der Waals surface area contributed by atoms with E-state index in [9.17, 15) is 0 Å². The second-order valence-electron chi connectivity index (χ2n) is 12.5. The minimum absolute atomic E-state index is 0.454. The number of fused-ring (bicyclic) bond motifs is 5. The van der Waals surface area contributed by atoms with Crippen molar-refractivity contribution in [3.8, 4) is 22.3 Å². The fraction of sp³-hybridized carbons (Fsp3) is 0.0213. The Morgan fingerprint density at radius 2 is 0.854 bits per heavy atom. The summed E-state index contributed by atoms with van der Waals surface area (Å²) in [6.45, 7) is 0. The summed E-state index contributed by atoms with van der Waals surface area (Å²) in [5.41, 5.74) is 13.1. The molecule has 8 aromatic rings. The maximum absolute atomic E-state index is 2.42. The summed E-state index contributed by atoms with van der Waals surface area (Å²) in [4.78, 5) is 2.38. The van der Waals surface area contributed by atoms with Crippen LogP contribution in [0.15, 0.2) is 200 Å². The summed E-state index contributed by atoms with van der Waals surface area (Å²) in [7, 11) is 0. The van der Waals surface area contributed by atoms with Gasteiger partial charge in [-0.15, -0.1) is 0 Å². The lowest BCUT2D eigenvalue weighted by molar-refractivity contribution is 0.769. The molecule has 0 saturated carbocycles. The molecule has 9 rings (SSSR count). The van der Waals surface area contributed by atoms with Gasteiger partial charge in [0.25, 0.3) is 0 Å². The van der Waals surface area contributed by atoms with Crippen molar-refractivity contribution in [1.82, 2.24) is 0 Å². The van der Waals surface area contributed by atoms with E-state index >= 15 is 0 Å². The minimum atomic E-state index is -0.454. The van der Waals surface area contributed by atoms with Crippen LogP contribution in [0.25, 0.3) is 33.0 Å². The molecule has 0 N–H and O–H groups in total. The molecule has 1 aliphatic carbocycles. The molecule has 0 unspecified atom stereocenters. The van der Waals surface area contributed by atoms with Gasteiger partial charge in [-0.2, -0.15) is 0 Å². The normalized spacial score (nSPS) is 12.8. The van der Waals surface area contributed by atoms with Gasteiger partial charge in [-0.25, -0.2) is 0 Å². The van der Waals surface area contributed by atoms with Gasteiger partial charge in [-0.05, 0) is 91.7 Å². The zero-order valence-corrected chi connectivity index (χ0v) is 26.5. The fourth-order valence-electron chi connectivity index (χ4n) is 7.85. The quantitative estimate of drug-likeness (QED) is 0.181. The van der Waals surface area contributed by atoms with Crippen LogP contribution < -0.4 is 4.90 Å². The van der Waals surface area contributed by atoms with Crippen molar-refractivity contribution >= 4 is 27.8 Å². The number of para-hydroxylation sites is 1. The molecule has 0 atom stereocenters. The summed E-state index contributed by atoms with van der Waals surface area (Å²) in [5, 5.41) is 2.53. The zero-order chi connectivity index (χ0) is 31.9. The lowest BCUT2D eigenvalue weighted by Crippen LogP contribution is -2.28. The summed E-state index contributed by atoms with van der Waals surface area (Å²) in [6, 6.07) is 72.9. The van der Waals surface area contributed by atoms with Crippen molar-refractivity contribution in [2.75, 3.05) is 4.90 Å². The molecule has 0 amide bonds. The third-order valence-electron chi connectivity index (χ3n) is 9.93. The van der Waals surface area contributed by atoms with E-state index in [0.29, 0.717) is 0 Å². The SMILES string of the molecule is c1ccc(-c2ccc(N(c3ccccc3)c3ccc4c(c3)-c3c(ccc5ccccc35)C4(c3ccccc3)c3ccccc3)cc2)cc1. The van der Waals surface area contributed by atoms with Gasteiger partial charge >= 0.3 is 0 Å². The van der Waals surface area contributed by atoms with Crippen molar-refractivity contribution in [2.45, 2.75) is 5.41 Å². The minimum Gasteiger partial charge on any atom is -0.310 e. The van der Waals surface area contributed by atoms with Crippen LogP contribution in [0.1, 0.15) is 22.3 Å². The van der Waals surface area contributed by atoms with Crippen LogP contribution in [-0.2, 0) is 5.41 Å². The molecule has 0 spiro atoms. The van der Waals surface area contributed by atoms with Crippen molar-refractivity contribution < 1.29 is 0 Å².